The normalized spacial score (nSPS) is 16.9. The number of halogens is 2. The minimum absolute atomic E-state index is 0. The molecule has 0 saturated carbocycles. The first-order valence-electron chi connectivity index (χ1n) is 13.9. The Balaban J connectivity index is 0.00000552. The number of cyclic esters (lactones) is 1. The highest BCUT2D eigenvalue weighted by atomic mass is 35.5. The van der Waals surface area contributed by atoms with Gasteiger partial charge >= 0.3 is 6.09 Å². The monoisotopic (exact) mass is 684 g/mol. The average Bonchev–Trinajstić information content (AvgIpc) is 3.60. The van der Waals surface area contributed by atoms with Crippen molar-refractivity contribution in [3.8, 4) is 0 Å². The third-order valence-electron chi connectivity index (χ3n) is 6.92. The van der Waals surface area contributed by atoms with E-state index in [4.69, 9.17) is 32.5 Å². The number of nitrogens with zero attached hydrogens (tertiary/aromatic N) is 3. The molecular weight excluding hydrogens is 651 g/mol. The van der Waals surface area contributed by atoms with E-state index < -0.39 is 41.9 Å². The molecule has 5 N–H and O–H groups in total. The van der Waals surface area contributed by atoms with Crippen molar-refractivity contribution >= 4 is 82.3 Å². The second kappa shape index (κ2) is 16.5. The van der Waals surface area contributed by atoms with Crippen molar-refractivity contribution in [2.45, 2.75) is 37.8 Å². The number of primary amides is 1. The van der Waals surface area contributed by atoms with Gasteiger partial charge < -0.3 is 31.2 Å². The molecule has 2 saturated heterocycles. The summed E-state index contributed by atoms with van der Waals surface area (Å²) in [6, 6.07) is 8.87. The lowest BCUT2D eigenvalue weighted by Crippen LogP contribution is -2.43. The number of benzene rings is 1. The molecule has 0 aliphatic carbocycles. The molecule has 1 aromatic heterocycles. The minimum Gasteiger partial charge on any atom is -0.442 e. The van der Waals surface area contributed by atoms with Gasteiger partial charge in [-0.25, -0.2) is 4.79 Å². The summed E-state index contributed by atoms with van der Waals surface area (Å²) in [5, 5.41) is 2.59. The smallest absolute Gasteiger partial charge is 0.414 e. The fourth-order valence-corrected chi connectivity index (χ4v) is 5.68. The van der Waals surface area contributed by atoms with Crippen LogP contribution in [-0.2, 0) is 28.7 Å². The fourth-order valence-electron chi connectivity index (χ4n) is 4.68. The summed E-state index contributed by atoms with van der Waals surface area (Å²) in [5.41, 5.74) is 11.9. The van der Waals surface area contributed by atoms with Crippen molar-refractivity contribution in [3.63, 3.8) is 0 Å². The van der Waals surface area contributed by atoms with Crippen LogP contribution in [0, 0.1) is 0 Å². The molecule has 3 heterocycles. The number of unbranched alkanes of at least 4 members (excludes halogenated alkanes) is 1. The number of ether oxygens (including phenoxy) is 2. The molecule has 0 unspecified atom stereocenters. The fraction of sp³-hybridized carbons (Fsp3) is 0.429. The molecule has 2 aliphatic heterocycles. The van der Waals surface area contributed by atoms with Gasteiger partial charge in [0.2, 0.25) is 17.7 Å². The second-order valence-electron chi connectivity index (χ2n) is 10.2. The Kier molecular flexibility index (Phi) is 13.1. The average molecular weight is 686 g/mol. The molecule has 244 valence electrons. The topological polar surface area (TPSA) is 195 Å². The Morgan fingerprint density at radius 2 is 1.76 bits per heavy atom. The zero-order chi connectivity index (χ0) is 31.8. The number of nitrogens with two attached hydrogens (primary N) is 2. The lowest BCUT2D eigenvalue weighted by atomic mass is 10.1. The lowest BCUT2D eigenvalue weighted by molar-refractivity contribution is -0.129. The number of anilines is 2. The number of rotatable bonds is 13. The number of nitrogens with one attached hydrogen (secondary N) is 1. The van der Waals surface area contributed by atoms with Crippen LogP contribution in [0.3, 0.4) is 0 Å². The molecule has 0 bridgehead atoms. The summed E-state index contributed by atoms with van der Waals surface area (Å²) >= 11 is 7.05. The van der Waals surface area contributed by atoms with Crippen LogP contribution < -0.4 is 26.6 Å². The maximum Gasteiger partial charge on any atom is 0.414 e. The first-order valence-corrected chi connectivity index (χ1v) is 15.1. The number of imide groups is 1. The molecular formula is C28H34Cl2N6O8S. The van der Waals surface area contributed by atoms with Crippen LogP contribution in [0.1, 0.15) is 35.4 Å². The van der Waals surface area contributed by atoms with Gasteiger partial charge in [0.15, 0.2) is 0 Å². The Morgan fingerprint density at radius 3 is 2.38 bits per heavy atom. The molecule has 45 heavy (non-hydrogen) atoms. The van der Waals surface area contributed by atoms with Crippen LogP contribution in [0.4, 0.5) is 16.2 Å². The third-order valence-corrected chi connectivity index (χ3v) is 8.14. The van der Waals surface area contributed by atoms with Crippen molar-refractivity contribution in [3.05, 3.63) is 45.6 Å². The molecule has 4 rings (SSSR count). The highest BCUT2D eigenvalue weighted by Crippen LogP contribution is 2.27. The van der Waals surface area contributed by atoms with Crippen LogP contribution in [0.2, 0.25) is 4.34 Å². The molecule has 2 fully saturated rings. The van der Waals surface area contributed by atoms with Gasteiger partial charge in [0.25, 0.3) is 11.8 Å². The number of morpholine rings is 1. The van der Waals surface area contributed by atoms with E-state index in [-0.39, 0.29) is 62.3 Å². The van der Waals surface area contributed by atoms with E-state index in [0.717, 1.165) is 16.2 Å². The predicted molar refractivity (Wildman–Crippen MR) is 168 cm³/mol. The molecule has 2 aliphatic rings. The van der Waals surface area contributed by atoms with Crippen molar-refractivity contribution in [1.82, 2.24) is 10.2 Å². The quantitative estimate of drug-likeness (QED) is 0.263. The van der Waals surface area contributed by atoms with Crippen molar-refractivity contribution in [2.24, 2.45) is 11.5 Å². The van der Waals surface area contributed by atoms with Crippen LogP contribution >= 0.6 is 35.3 Å². The predicted octanol–water partition coefficient (Wildman–Crippen LogP) is 1.67. The summed E-state index contributed by atoms with van der Waals surface area (Å²) in [7, 11) is 0. The zero-order valence-corrected chi connectivity index (χ0v) is 26.5. The minimum atomic E-state index is -1.06. The van der Waals surface area contributed by atoms with E-state index in [1.807, 2.05) is 0 Å². The number of thiophene rings is 1. The summed E-state index contributed by atoms with van der Waals surface area (Å²) < 4.78 is 11.1. The first-order chi connectivity index (χ1) is 21.0. The number of hydrogen-bond donors (Lipinski definition) is 3. The largest absolute Gasteiger partial charge is 0.442 e. The summed E-state index contributed by atoms with van der Waals surface area (Å²) in [4.78, 5) is 78.7. The van der Waals surface area contributed by atoms with E-state index >= 15 is 0 Å². The van der Waals surface area contributed by atoms with Gasteiger partial charge in [-0.1, -0.05) is 11.6 Å². The van der Waals surface area contributed by atoms with Crippen LogP contribution in [0.25, 0.3) is 0 Å². The Morgan fingerprint density at radius 1 is 1.07 bits per heavy atom. The lowest BCUT2D eigenvalue weighted by Gasteiger charge is -2.27. The standard InChI is InChI=1S/C28H33ClN6O8S.ClH/c29-22-9-8-21(44-22)27(40)35(24(37)3-1-2-10-32-26(39)20(30)13-23(31)36)15-19-14-34(28(41)43-19)18-6-4-17(5-7-18)33-11-12-42-16-25(33)38;/h4-9,19-20H,1-3,10-16,30H2,(H2,31,36)(H,32,39);1H/t19-,20+;/m1./s1. The maximum atomic E-state index is 13.3. The highest BCUT2D eigenvalue weighted by molar-refractivity contribution is 7.18. The molecule has 2 aromatic rings. The third kappa shape index (κ3) is 9.61. The summed E-state index contributed by atoms with van der Waals surface area (Å²) in [5.74, 6) is -2.42. The van der Waals surface area contributed by atoms with Crippen LogP contribution in [0.15, 0.2) is 36.4 Å². The maximum absolute atomic E-state index is 13.3. The number of carbonyl (C=O) groups excluding carboxylic acids is 6. The first kappa shape index (κ1) is 35.7. The van der Waals surface area contributed by atoms with Gasteiger partial charge in [-0.2, -0.15) is 0 Å². The van der Waals surface area contributed by atoms with Crippen molar-refractivity contribution < 1.29 is 38.2 Å². The SMILES string of the molecule is Cl.NC(=O)C[C@H](N)C(=O)NCCCCC(=O)N(C[C@H]1CN(c2ccc(N3CCOCC3=O)cc2)C(=O)O1)C(=O)c1ccc(Cl)s1. The molecule has 6 amide bonds. The van der Waals surface area contributed by atoms with Gasteiger partial charge in [-0.15, -0.1) is 23.7 Å². The van der Waals surface area contributed by atoms with E-state index in [2.05, 4.69) is 5.32 Å². The number of amides is 6. The summed E-state index contributed by atoms with van der Waals surface area (Å²) in [6.07, 6.45) is -0.968. The Bertz CT molecular complexity index is 1410. The molecule has 1 aromatic carbocycles. The molecule has 0 spiro atoms. The number of hydrogen-bond acceptors (Lipinski definition) is 10. The summed E-state index contributed by atoms with van der Waals surface area (Å²) in [6.45, 7) is 1.00. The van der Waals surface area contributed by atoms with Crippen LogP contribution in [-0.4, -0.2) is 92.1 Å². The Labute approximate surface area is 274 Å². The van der Waals surface area contributed by atoms with E-state index in [9.17, 15) is 28.8 Å². The molecule has 14 nitrogen and oxygen atoms in total. The van der Waals surface area contributed by atoms with Crippen molar-refractivity contribution in [1.29, 1.82) is 0 Å². The van der Waals surface area contributed by atoms with Gasteiger partial charge in [-0.05, 0) is 49.2 Å². The molecule has 17 heteroatoms. The van der Waals surface area contributed by atoms with E-state index in [0.29, 0.717) is 41.7 Å². The van der Waals surface area contributed by atoms with Gasteiger partial charge in [0.05, 0.1) is 41.4 Å². The van der Waals surface area contributed by atoms with Gasteiger partial charge in [-0.3, -0.25) is 33.8 Å². The van der Waals surface area contributed by atoms with Crippen molar-refractivity contribution in [2.75, 3.05) is 49.2 Å². The Hall–Kier alpha value is -3.76. The molecule has 0 radical (unpaired) electrons. The second-order valence-corrected chi connectivity index (χ2v) is 11.9. The molecule has 2 atom stereocenters. The van der Waals surface area contributed by atoms with E-state index in [1.165, 1.54) is 11.0 Å². The van der Waals surface area contributed by atoms with Gasteiger partial charge in [0.1, 0.15) is 12.7 Å². The van der Waals surface area contributed by atoms with E-state index in [1.54, 1.807) is 35.2 Å². The zero-order valence-electron chi connectivity index (χ0n) is 24.1. The number of carbonyl (C=O) groups is 6. The highest BCUT2D eigenvalue weighted by Gasteiger charge is 2.36. The van der Waals surface area contributed by atoms with Crippen LogP contribution in [0.5, 0.6) is 0 Å². The van der Waals surface area contributed by atoms with Gasteiger partial charge in [0, 0.05) is 30.9 Å².